The number of aliphatic imine (C=N–C) groups is 1. The Bertz CT molecular complexity index is 1320. The molecular weight excluding hydrogens is 452 g/mol. The van der Waals surface area contributed by atoms with Crippen LogP contribution in [0, 0.1) is 0 Å². The first-order chi connectivity index (χ1) is 16.4. The van der Waals surface area contributed by atoms with Crippen LogP contribution in [0.4, 0.5) is 5.82 Å². The van der Waals surface area contributed by atoms with Crippen molar-refractivity contribution >= 4 is 21.6 Å². The molecule has 2 aliphatic rings. The van der Waals surface area contributed by atoms with E-state index in [4.69, 9.17) is 9.73 Å². The maximum atomic E-state index is 12.9. The van der Waals surface area contributed by atoms with Crippen LogP contribution in [0.2, 0.25) is 0 Å². The van der Waals surface area contributed by atoms with E-state index >= 15 is 0 Å². The van der Waals surface area contributed by atoms with E-state index in [9.17, 15) is 8.42 Å². The third-order valence-corrected chi connectivity index (χ3v) is 7.72. The van der Waals surface area contributed by atoms with Crippen LogP contribution in [-0.4, -0.2) is 65.7 Å². The van der Waals surface area contributed by atoms with Crippen LogP contribution in [-0.2, 0) is 16.6 Å². The van der Waals surface area contributed by atoms with E-state index in [0.29, 0.717) is 38.6 Å². The van der Waals surface area contributed by atoms with Gasteiger partial charge in [0.05, 0.1) is 18.4 Å². The zero-order valence-corrected chi connectivity index (χ0v) is 19.9. The fourth-order valence-electron chi connectivity index (χ4n) is 4.16. The molecule has 34 heavy (non-hydrogen) atoms. The van der Waals surface area contributed by atoms with Crippen LogP contribution in [0.25, 0.3) is 0 Å². The van der Waals surface area contributed by atoms with Crippen molar-refractivity contribution in [1.82, 2.24) is 19.3 Å². The molecule has 5 heterocycles. The molecule has 2 aliphatic heterocycles. The normalized spacial score (nSPS) is 16.4. The number of nitrogens with zero attached hydrogens (tertiary/aromatic N) is 6. The highest BCUT2D eigenvalue weighted by Crippen LogP contribution is 2.27. The van der Waals surface area contributed by atoms with Gasteiger partial charge in [0.1, 0.15) is 10.7 Å². The molecule has 176 valence electrons. The summed E-state index contributed by atoms with van der Waals surface area (Å²) in [5, 5.41) is 0. The minimum absolute atomic E-state index is 0.0421. The van der Waals surface area contributed by atoms with Crippen LogP contribution >= 0.6 is 0 Å². The van der Waals surface area contributed by atoms with Crippen molar-refractivity contribution in [3.8, 4) is 5.88 Å². The predicted molar refractivity (Wildman–Crippen MR) is 129 cm³/mol. The second-order valence-corrected chi connectivity index (χ2v) is 10.4. The second-order valence-electron chi connectivity index (χ2n) is 8.49. The summed E-state index contributed by atoms with van der Waals surface area (Å²) < 4.78 is 33.1. The van der Waals surface area contributed by atoms with Crippen LogP contribution in [0.1, 0.15) is 30.5 Å². The molecule has 3 aromatic rings. The quantitative estimate of drug-likeness (QED) is 0.537. The molecule has 0 bridgehead atoms. The van der Waals surface area contributed by atoms with Gasteiger partial charge >= 0.3 is 0 Å². The molecule has 1 fully saturated rings. The summed E-state index contributed by atoms with van der Waals surface area (Å²) in [6, 6.07) is 9.12. The van der Waals surface area contributed by atoms with Gasteiger partial charge in [0.2, 0.25) is 15.9 Å². The van der Waals surface area contributed by atoms with Crippen molar-refractivity contribution in [3.63, 3.8) is 0 Å². The van der Waals surface area contributed by atoms with E-state index in [2.05, 4.69) is 19.9 Å². The molecular formula is C24H26N6O3S. The van der Waals surface area contributed by atoms with E-state index in [1.54, 1.807) is 24.5 Å². The largest absolute Gasteiger partial charge is 0.475 e. The standard InChI is InChI=1S/C24H26N6O3S/c1-17(2)33-23-13-21-19(14-27-23)15-28-24(21)18-5-7-26-22(12-18)29-8-10-30(11-9-29)34(31,32)20-4-3-6-25-16-20/h3-7,12-14,16-17H,8-11,15H2,1-2H3. The number of fused-ring (bicyclic) bond motifs is 1. The summed E-state index contributed by atoms with van der Waals surface area (Å²) >= 11 is 0. The molecule has 3 aromatic heterocycles. The number of piperazine rings is 1. The molecule has 0 unspecified atom stereocenters. The van der Waals surface area contributed by atoms with Gasteiger partial charge in [-0.05, 0) is 38.1 Å². The van der Waals surface area contributed by atoms with Crippen molar-refractivity contribution in [3.05, 3.63) is 71.8 Å². The summed E-state index contributed by atoms with van der Waals surface area (Å²) in [6.07, 6.45) is 6.60. The highest BCUT2D eigenvalue weighted by Gasteiger charge is 2.29. The van der Waals surface area contributed by atoms with Crippen LogP contribution in [0.15, 0.2) is 65.0 Å². The summed E-state index contributed by atoms with van der Waals surface area (Å²) in [5.74, 6) is 1.39. The average Bonchev–Trinajstić information content (AvgIpc) is 3.28. The molecule has 0 amide bonds. The first-order valence-corrected chi connectivity index (χ1v) is 12.7. The molecule has 5 rings (SSSR count). The Morgan fingerprint density at radius 1 is 1.00 bits per heavy atom. The maximum absolute atomic E-state index is 12.9. The molecule has 0 aromatic carbocycles. The predicted octanol–water partition coefficient (Wildman–Crippen LogP) is 2.52. The summed E-state index contributed by atoms with van der Waals surface area (Å²) in [5.41, 5.74) is 3.96. The zero-order chi connectivity index (χ0) is 23.7. The molecule has 10 heteroatoms. The van der Waals surface area contributed by atoms with Crippen LogP contribution in [0.5, 0.6) is 5.88 Å². The number of aromatic nitrogens is 3. The Kier molecular flexibility index (Phi) is 6.01. The Morgan fingerprint density at radius 3 is 2.56 bits per heavy atom. The Morgan fingerprint density at radius 2 is 1.82 bits per heavy atom. The lowest BCUT2D eigenvalue weighted by atomic mass is 10.0. The fraction of sp³-hybridized carbons (Fsp3) is 0.333. The molecule has 0 aliphatic carbocycles. The number of anilines is 1. The van der Waals surface area contributed by atoms with Gasteiger partial charge in [-0.15, -0.1) is 0 Å². The SMILES string of the molecule is CC(C)Oc1cc2c(cn1)CN=C2c1ccnc(N2CCN(S(=O)(=O)c3cccnc3)CC2)c1. The van der Waals surface area contributed by atoms with Crippen LogP contribution in [0.3, 0.4) is 0 Å². The maximum Gasteiger partial charge on any atom is 0.244 e. The van der Waals surface area contributed by atoms with Crippen molar-refractivity contribution in [1.29, 1.82) is 0 Å². The number of hydrogen-bond acceptors (Lipinski definition) is 8. The van der Waals surface area contributed by atoms with Gasteiger partial charge in [0.15, 0.2) is 0 Å². The van der Waals surface area contributed by atoms with E-state index in [1.807, 2.05) is 38.2 Å². The summed E-state index contributed by atoms with van der Waals surface area (Å²) in [4.78, 5) is 19.9. The number of pyridine rings is 3. The highest BCUT2D eigenvalue weighted by molar-refractivity contribution is 7.89. The molecule has 1 saturated heterocycles. The number of ether oxygens (including phenoxy) is 1. The van der Waals surface area contributed by atoms with E-state index in [-0.39, 0.29) is 11.0 Å². The van der Waals surface area contributed by atoms with E-state index < -0.39 is 10.0 Å². The zero-order valence-electron chi connectivity index (χ0n) is 19.1. The van der Waals surface area contributed by atoms with Gasteiger partial charge in [-0.25, -0.2) is 18.4 Å². The Hall–Kier alpha value is -3.37. The topological polar surface area (TPSA) is 101 Å². The lowest BCUT2D eigenvalue weighted by molar-refractivity contribution is 0.232. The third-order valence-electron chi connectivity index (χ3n) is 5.83. The minimum Gasteiger partial charge on any atom is -0.475 e. The van der Waals surface area contributed by atoms with Crippen molar-refractivity contribution in [2.45, 2.75) is 31.4 Å². The summed E-state index contributed by atoms with van der Waals surface area (Å²) in [7, 11) is -3.55. The van der Waals surface area contributed by atoms with Crippen molar-refractivity contribution in [2.24, 2.45) is 4.99 Å². The van der Waals surface area contributed by atoms with E-state index in [1.165, 1.54) is 10.5 Å². The van der Waals surface area contributed by atoms with Gasteiger partial charge in [0, 0.05) is 73.7 Å². The first-order valence-electron chi connectivity index (χ1n) is 11.2. The van der Waals surface area contributed by atoms with Gasteiger partial charge < -0.3 is 9.64 Å². The van der Waals surface area contributed by atoms with Gasteiger partial charge in [-0.1, -0.05) is 0 Å². The number of sulfonamides is 1. The van der Waals surface area contributed by atoms with Gasteiger partial charge in [0.25, 0.3) is 0 Å². The molecule has 0 atom stereocenters. The molecule has 0 spiro atoms. The lowest BCUT2D eigenvalue weighted by Gasteiger charge is -2.34. The number of hydrogen-bond donors (Lipinski definition) is 0. The second kappa shape index (κ2) is 9.11. The van der Waals surface area contributed by atoms with Crippen molar-refractivity contribution in [2.75, 3.05) is 31.1 Å². The minimum atomic E-state index is -3.55. The smallest absolute Gasteiger partial charge is 0.244 e. The molecule has 0 radical (unpaired) electrons. The Balaban J connectivity index is 1.32. The van der Waals surface area contributed by atoms with Gasteiger partial charge in [-0.2, -0.15) is 4.31 Å². The monoisotopic (exact) mass is 478 g/mol. The molecule has 0 saturated carbocycles. The third kappa shape index (κ3) is 4.38. The fourth-order valence-corrected chi connectivity index (χ4v) is 5.54. The average molecular weight is 479 g/mol. The van der Waals surface area contributed by atoms with Gasteiger partial charge in [-0.3, -0.25) is 9.98 Å². The summed E-state index contributed by atoms with van der Waals surface area (Å²) in [6.45, 7) is 6.40. The van der Waals surface area contributed by atoms with Crippen molar-refractivity contribution < 1.29 is 13.2 Å². The highest BCUT2D eigenvalue weighted by atomic mass is 32.2. The van der Waals surface area contributed by atoms with E-state index in [0.717, 1.165) is 28.2 Å². The molecule has 9 nitrogen and oxygen atoms in total. The molecule has 0 N–H and O–H groups in total. The lowest BCUT2D eigenvalue weighted by Crippen LogP contribution is -2.49. The first kappa shape index (κ1) is 22.4. The van der Waals surface area contributed by atoms with Crippen LogP contribution < -0.4 is 9.64 Å². The Labute approximate surface area is 199 Å². The number of rotatable bonds is 6.